The largest absolute Gasteiger partial charge is 0.489 e. The lowest BCUT2D eigenvalue weighted by Gasteiger charge is -2.12. The first kappa shape index (κ1) is 20.1. The van der Waals surface area contributed by atoms with Gasteiger partial charge in [0.05, 0.1) is 0 Å². The van der Waals surface area contributed by atoms with Gasteiger partial charge >= 0.3 is 0 Å². The molecule has 0 heterocycles. The topological polar surface area (TPSA) is 67.4 Å². The summed E-state index contributed by atoms with van der Waals surface area (Å²) >= 11 is 0. The van der Waals surface area contributed by atoms with Crippen molar-refractivity contribution in [3.8, 4) is 5.75 Å². The van der Waals surface area contributed by atoms with Crippen molar-refractivity contribution >= 4 is 23.2 Å². The normalized spacial score (nSPS) is 10.4. The predicted octanol–water partition coefficient (Wildman–Crippen LogP) is 5.11. The monoisotopic (exact) mass is 388 g/mol. The number of nitrogens with one attached hydrogen (secondary N) is 2. The van der Waals surface area contributed by atoms with Gasteiger partial charge in [-0.2, -0.15) is 0 Å². The second kappa shape index (κ2) is 9.55. The van der Waals surface area contributed by atoms with E-state index in [2.05, 4.69) is 10.6 Å². The number of amides is 2. The van der Waals surface area contributed by atoms with Crippen LogP contribution in [0.1, 0.15) is 29.8 Å². The molecule has 0 aromatic heterocycles. The van der Waals surface area contributed by atoms with Crippen LogP contribution in [0.25, 0.3) is 0 Å². The van der Waals surface area contributed by atoms with E-state index in [0.717, 1.165) is 11.3 Å². The summed E-state index contributed by atoms with van der Waals surface area (Å²) in [5.41, 5.74) is 2.70. The number of hydrogen-bond donors (Lipinski definition) is 2. The summed E-state index contributed by atoms with van der Waals surface area (Å²) in [6.45, 7) is 3.97. The number of carbonyl (C=O) groups is 2. The van der Waals surface area contributed by atoms with Gasteiger partial charge in [-0.1, -0.05) is 50.2 Å². The SMILES string of the molecule is CC(C)C(=O)Nc1ccc(NC(=O)c2ccccc2COc2ccccc2)cc1. The van der Waals surface area contributed by atoms with Gasteiger partial charge in [0, 0.05) is 28.4 Å². The van der Waals surface area contributed by atoms with Crippen LogP contribution in [0.15, 0.2) is 78.9 Å². The van der Waals surface area contributed by atoms with Crippen molar-refractivity contribution in [1.29, 1.82) is 0 Å². The average molecular weight is 388 g/mol. The number of hydrogen-bond acceptors (Lipinski definition) is 3. The Hall–Kier alpha value is -3.60. The first-order valence-corrected chi connectivity index (χ1v) is 9.51. The molecule has 0 radical (unpaired) electrons. The molecule has 0 unspecified atom stereocenters. The van der Waals surface area contributed by atoms with Crippen molar-refractivity contribution in [2.45, 2.75) is 20.5 Å². The second-order valence-electron chi connectivity index (χ2n) is 6.93. The molecule has 5 nitrogen and oxygen atoms in total. The third-order valence-corrected chi connectivity index (χ3v) is 4.33. The number of para-hydroxylation sites is 1. The van der Waals surface area contributed by atoms with Gasteiger partial charge in [0.2, 0.25) is 5.91 Å². The molecule has 148 valence electrons. The van der Waals surface area contributed by atoms with Crippen molar-refractivity contribution in [3.63, 3.8) is 0 Å². The maximum atomic E-state index is 12.8. The highest BCUT2D eigenvalue weighted by molar-refractivity contribution is 6.05. The minimum atomic E-state index is -0.212. The molecular formula is C24H24N2O3. The lowest BCUT2D eigenvalue weighted by atomic mass is 10.1. The van der Waals surface area contributed by atoms with E-state index in [4.69, 9.17) is 4.74 Å². The number of rotatable bonds is 7. The van der Waals surface area contributed by atoms with E-state index in [1.54, 1.807) is 30.3 Å². The predicted molar refractivity (Wildman–Crippen MR) is 115 cm³/mol. The van der Waals surface area contributed by atoms with E-state index in [-0.39, 0.29) is 17.7 Å². The number of ether oxygens (including phenoxy) is 1. The van der Waals surface area contributed by atoms with Crippen molar-refractivity contribution in [1.82, 2.24) is 0 Å². The summed E-state index contributed by atoms with van der Waals surface area (Å²) in [4.78, 5) is 24.5. The van der Waals surface area contributed by atoms with Crippen LogP contribution in [0.3, 0.4) is 0 Å². The molecule has 0 atom stereocenters. The van der Waals surface area contributed by atoms with Gasteiger partial charge < -0.3 is 15.4 Å². The molecule has 0 aliphatic carbocycles. The first-order valence-electron chi connectivity index (χ1n) is 9.51. The highest BCUT2D eigenvalue weighted by Crippen LogP contribution is 2.18. The molecular weight excluding hydrogens is 364 g/mol. The van der Waals surface area contributed by atoms with Crippen LogP contribution in [0.5, 0.6) is 5.75 Å². The van der Waals surface area contributed by atoms with E-state index in [1.165, 1.54) is 0 Å². The third-order valence-electron chi connectivity index (χ3n) is 4.33. The Morgan fingerprint density at radius 1 is 0.793 bits per heavy atom. The van der Waals surface area contributed by atoms with Gasteiger partial charge in [-0.15, -0.1) is 0 Å². The van der Waals surface area contributed by atoms with Gasteiger partial charge in [0.1, 0.15) is 12.4 Å². The Bertz CT molecular complexity index is 967. The number of carbonyl (C=O) groups excluding carboxylic acids is 2. The zero-order valence-electron chi connectivity index (χ0n) is 16.5. The molecule has 0 saturated heterocycles. The molecule has 3 aromatic carbocycles. The second-order valence-corrected chi connectivity index (χ2v) is 6.93. The number of benzene rings is 3. The Morgan fingerprint density at radius 3 is 2.03 bits per heavy atom. The van der Waals surface area contributed by atoms with Gasteiger partial charge in [-0.3, -0.25) is 9.59 Å². The fraction of sp³-hybridized carbons (Fsp3) is 0.167. The fourth-order valence-electron chi connectivity index (χ4n) is 2.67. The molecule has 0 aliphatic rings. The van der Waals surface area contributed by atoms with Crippen LogP contribution in [0.2, 0.25) is 0 Å². The molecule has 0 fully saturated rings. The summed E-state index contributed by atoms with van der Waals surface area (Å²) in [5.74, 6) is 0.399. The zero-order valence-corrected chi connectivity index (χ0v) is 16.5. The van der Waals surface area contributed by atoms with Crippen LogP contribution in [-0.2, 0) is 11.4 Å². The molecule has 0 bridgehead atoms. The third kappa shape index (κ3) is 5.69. The van der Waals surface area contributed by atoms with E-state index in [0.29, 0.717) is 23.5 Å². The summed E-state index contributed by atoms with van der Waals surface area (Å²) in [6.07, 6.45) is 0. The maximum Gasteiger partial charge on any atom is 0.256 e. The van der Waals surface area contributed by atoms with Crippen molar-refractivity contribution < 1.29 is 14.3 Å². The highest BCUT2D eigenvalue weighted by atomic mass is 16.5. The zero-order chi connectivity index (χ0) is 20.6. The summed E-state index contributed by atoms with van der Waals surface area (Å²) < 4.78 is 5.78. The van der Waals surface area contributed by atoms with Crippen LogP contribution in [0.4, 0.5) is 11.4 Å². The van der Waals surface area contributed by atoms with Gasteiger partial charge in [0.15, 0.2) is 0 Å². The standard InChI is InChI=1S/C24H24N2O3/c1-17(2)23(27)25-19-12-14-20(15-13-19)26-24(28)22-11-7-6-8-18(22)16-29-21-9-4-3-5-10-21/h3-15,17H,16H2,1-2H3,(H,25,27)(H,26,28). The maximum absolute atomic E-state index is 12.8. The fourth-order valence-corrected chi connectivity index (χ4v) is 2.67. The van der Waals surface area contributed by atoms with Crippen molar-refractivity contribution in [2.75, 3.05) is 10.6 Å². The Kier molecular flexibility index (Phi) is 6.63. The van der Waals surface area contributed by atoms with Crippen LogP contribution < -0.4 is 15.4 Å². The quantitative estimate of drug-likeness (QED) is 0.591. The summed E-state index contributed by atoms with van der Waals surface area (Å²) in [6, 6.07) is 23.9. The Labute approximate surface area is 170 Å². The minimum Gasteiger partial charge on any atom is -0.489 e. The van der Waals surface area contributed by atoms with Gasteiger partial charge in [-0.05, 0) is 42.5 Å². The molecule has 29 heavy (non-hydrogen) atoms. The Balaban J connectivity index is 1.65. The van der Waals surface area contributed by atoms with Crippen molar-refractivity contribution in [3.05, 3.63) is 90.0 Å². The molecule has 0 aliphatic heterocycles. The Morgan fingerprint density at radius 2 is 1.38 bits per heavy atom. The summed E-state index contributed by atoms with van der Waals surface area (Å²) in [7, 11) is 0. The summed E-state index contributed by atoms with van der Waals surface area (Å²) in [5, 5.41) is 5.72. The first-order chi connectivity index (χ1) is 14.0. The average Bonchev–Trinajstić information content (AvgIpc) is 2.74. The molecule has 3 aromatic rings. The molecule has 0 saturated carbocycles. The van der Waals surface area contributed by atoms with Gasteiger partial charge in [-0.25, -0.2) is 0 Å². The van der Waals surface area contributed by atoms with E-state index < -0.39 is 0 Å². The van der Waals surface area contributed by atoms with Crippen molar-refractivity contribution in [2.24, 2.45) is 5.92 Å². The van der Waals surface area contributed by atoms with Gasteiger partial charge in [0.25, 0.3) is 5.91 Å². The molecule has 5 heteroatoms. The van der Waals surface area contributed by atoms with E-state index >= 15 is 0 Å². The molecule has 0 spiro atoms. The molecule has 2 N–H and O–H groups in total. The molecule has 3 rings (SSSR count). The highest BCUT2D eigenvalue weighted by Gasteiger charge is 2.12. The van der Waals surface area contributed by atoms with Crippen LogP contribution in [-0.4, -0.2) is 11.8 Å². The van der Waals surface area contributed by atoms with E-state index in [9.17, 15) is 9.59 Å². The van der Waals surface area contributed by atoms with E-state index in [1.807, 2.05) is 62.4 Å². The lowest BCUT2D eigenvalue weighted by Crippen LogP contribution is -2.18. The molecule has 2 amide bonds. The number of anilines is 2. The van der Waals surface area contributed by atoms with Crippen LogP contribution >= 0.6 is 0 Å². The lowest BCUT2D eigenvalue weighted by molar-refractivity contribution is -0.118. The smallest absolute Gasteiger partial charge is 0.256 e. The van der Waals surface area contributed by atoms with Crippen LogP contribution in [0, 0.1) is 5.92 Å². The minimum absolute atomic E-state index is 0.0471.